The predicted octanol–water partition coefficient (Wildman–Crippen LogP) is -0.290. The summed E-state index contributed by atoms with van der Waals surface area (Å²) in [5.41, 5.74) is 5.54. The van der Waals surface area contributed by atoms with Crippen LogP contribution in [0, 0.1) is 0 Å². The number of nitrogens with two attached hydrogens (primary N) is 1. The van der Waals surface area contributed by atoms with Crippen molar-refractivity contribution in [3.63, 3.8) is 0 Å². The molecular weight excluding hydrogens is 88.1 g/mol. The van der Waals surface area contributed by atoms with Gasteiger partial charge in [-0.05, 0) is 12.8 Å². The first kappa shape index (κ1) is 5.06. The maximum absolute atomic E-state index is 5.54. The number of nitrogens with zero attached hydrogens (tertiary/aromatic N) is 1. The second-order valence-electron chi connectivity index (χ2n) is 2.07. The summed E-state index contributed by atoms with van der Waals surface area (Å²) in [4.78, 5) is 0. The van der Waals surface area contributed by atoms with Crippen molar-refractivity contribution in [3.8, 4) is 0 Å². The van der Waals surface area contributed by atoms with Crippen molar-refractivity contribution < 1.29 is 0 Å². The van der Waals surface area contributed by atoms with Crippen molar-refractivity contribution in [2.45, 2.75) is 24.9 Å². The minimum atomic E-state index is 0.380. The third-order valence-electron chi connectivity index (χ3n) is 1.62. The lowest BCUT2D eigenvalue weighted by Gasteiger charge is -2.31. The highest BCUT2D eigenvalue weighted by atomic mass is 14.9. The van der Waals surface area contributed by atoms with Crippen molar-refractivity contribution in [2.75, 3.05) is 7.05 Å². The molecule has 0 aliphatic heterocycles. The molecule has 2 N–H and O–H groups in total. The van der Waals surface area contributed by atoms with Crippen LogP contribution in [-0.2, 0) is 0 Å². The molecular formula is C5H11N2. The smallest absolute Gasteiger partial charge is 0.0394 e. The third kappa shape index (κ3) is 0.763. The Bertz CT molecular complexity index is 61.1. The molecule has 41 valence electrons. The van der Waals surface area contributed by atoms with E-state index in [-0.39, 0.29) is 0 Å². The maximum atomic E-state index is 5.54. The summed E-state index contributed by atoms with van der Waals surface area (Å²) in [6, 6.07) is 0.866. The zero-order chi connectivity index (χ0) is 5.28. The SMILES string of the molecule is C[N]C1CCC1N. The molecule has 2 nitrogen and oxygen atoms in total. The van der Waals surface area contributed by atoms with Crippen LogP contribution in [0.4, 0.5) is 0 Å². The van der Waals surface area contributed by atoms with E-state index in [9.17, 15) is 0 Å². The van der Waals surface area contributed by atoms with Gasteiger partial charge in [0.25, 0.3) is 0 Å². The average Bonchev–Trinajstić information content (AvgIpc) is 1.65. The van der Waals surface area contributed by atoms with Gasteiger partial charge in [0, 0.05) is 19.1 Å². The molecule has 7 heavy (non-hydrogen) atoms. The van der Waals surface area contributed by atoms with E-state index in [1.165, 1.54) is 12.8 Å². The van der Waals surface area contributed by atoms with Crippen LogP contribution in [0.1, 0.15) is 12.8 Å². The standard InChI is InChI=1S/C5H11N2/c1-7-5-3-2-4(5)6/h4-5H,2-3,6H2,1H3. The summed E-state index contributed by atoms with van der Waals surface area (Å²) in [6.45, 7) is 0. The Hall–Kier alpha value is -0.0800. The fourth-order valence-corrected chi connectivity index (χ4v) is 0.829. The first-order chi connectivity index (χ1) is 3.34. The molecule has 0 aromatic carbocycles. The van der Waals surface area contributed by atoms with E-state index in [4.69, 9.17) is 5.73 Å². The van der Waals surface area contributed by atoms with Crippen LogP contribution in [0.15, 0.2) is 0 Å². The molecule has 1 aliphatic carbocycles. The van der Waals surface area contributed by atoms with Crippen LogP contribution in [0.5, 0.6) is 0 Å². The van der Waals surface area contributed by atoms with Gasteiger partial charge in [-0.15, -0.1) is 0 Å². The Morgan fingerprint density at radius 3 is 2.29 bits per heavy atom. The van der Waals surface area contributed by atoms with E-state index in [0.717, 1.165) is 0 Å². The number of hydrogen-bond donors (Lipinski definition) is 1. The molecule has 1 aliphatic rings. The first-order valence-corrected chi connectivity index (χ1v) is 2.69. The second-order valence-corrected chi connectivity index (χ2v) is 2.07. The summed E-state index contributed by atoms with van der Waals surface area (Å²) in [7, 11) is 1.84. The Kier molecular flexibility index (Phi) is 1.30. The highest BCUT2D eigenvalue weighted by Crippen LogP contribution is 2.16. The highest BCUT2D eigenvalue weighted by molar-refractivity contribution is 4.88. The topological polar surface area (TPSA) is 40.1 Å². The second kappa shape index (κ2) is 1.80. The van der Waals surface area contributed by atoms with Crippen molar-refractivity contribution in [1.29, 1.82) is 0 Å². The minimum absolute atomic E-state index is 0.380. The molecule has 1 rings (SSSR count). The monoisotopic (exact) mass is 99.1 g/mol. The Labute approximate surface area is 44.1 Å². The maximum Gasteiger partial charge on any atom is 0.0394 e. The summed E-state index contributed by atoms with van der Waals surface area (Å²) >= 11 is 0. The fraction of sp³-hybridized carbons (Fsp3) is 1.00. The molecule has 0 bridgehead atoms. The van der Waals surface area contributed by atoms with Gasteiger partial charge in [-0.1, -0.05) is 0 Å². The van der Waals surface area contributed by atoms with E-state index in [1.54, 1.807) is 0 Å². The van der Waals surface area contributed by atoms with Gasteiger partial charge >= 0.3 is 0 Å². The Balaban J connectivity index is 2.16. The molecule has 0 aromatic heterocycles. The van der Waals surface area contributed by atoms with Gasteiger partial charge in [0.15, 0.2) is 0 Å². The highest BCUT2D eigenvalue weighted by Gasteiger charge is 2.25. The van der Waals surface area contributed by atoms with Gasteiger partial charge in [-0.2, -0.15) is 0 Å². The van der Waals surface area contributed by atoms with Crippen molar-refractivity contribution in [1.82, 2.24) is 5.32 Å². The van der Waals surface area contributed by atoms with Crippen LogP contribution in [0.3, 0.4) is 0 Å². The van der Waals surface area contributed by atoms with Crippen LogP contribution in [-0.4, -0.2) is 19.1 Å². The Morgan fingerprint density at radius 1 is 1.57 bits per heavy atom. The lowest BCUT2D eigenvalue weighted by molar-refractivity contribution is 0.297. The average molecular weight is 99.2 g/mol. The summed E-state index contributed by atoms with van der Waals surface area (Å²) < 4.78 is 0. The Morgan fingerprint density at radius 2 is 2.29 bits per heavy atom. The molecule has 1 fully saturated rings. The fourth-order valence-electron chi connectivity index (χ4n) is 0.829. The summed E-state index contributed by atoms with van der Waals surface area (Å²) in [6.07, 6.45) is 2.37. The van der Waals surface area contributed by atoms with Crippen LogP contribution < -0.4 is 11.1 Å². The largest absolute Gasteiger partial charge is 0.326 e. The molecule has 1 saturated carbocycles. The van der Waals surface area contributed by atoms with E-state index >= 15 is 0 Å². The molecule has 0 aromatic rings. The predicted molar refractivity (Wildman–Crippen MR) is 29.1 cm³/mol. The third-order valence-corrected chi connectivity index (χ3v) is 1.62. The lowest BCUT2D eigenvalue weighted by atomic mass is 9.88. The van der Waals surface area contributed by atoms with Crippen molar-refractivity contribution in [3.05, 3.63) is 0 Å². The van der Waals surface area contributed by atoms with Gasteiger partial charge in [0.05, 0.1) is 0 Å². The lowest BCUT2D eigenvalue weighted by Crippen LogP contribution is -2.48. The molecule has 0 amide bonds. The molecule has 0 spiro atoms. The molecule has 1 radical (unpaired) electrons. The zero-order valence-electron chi connectivity index (χ0n) is 4.59. The minimum Gasteiger partial charge on any atom is -0.326 e. The molecule has 0 heterocycles. The summed E-state index contributed by atoms with van der Waals surface area (Å²) in [5.74, 6) is 0. The van der Waals surface area contributed by atoms with Crippen LogP contribution >= 0.6 is 0 Å². The van der Waals surface area contributed by atoms with Crippen molar-refractivity contribution >= 4 is 0 Å². The molecule has 2 atom stereocenters. The van der Waals surface area contributed by atoms with Crippen LogP contribution in [0.2, 0.25) is 0 Å². The van der Waals surface area contributed by atoms with Crippen LogP contribution in [0.25, 0.3) is 0 Å². The van der Waals surface area contributed by atoms with E-state index < -0.39 is 0 Å². The van der Waals surface area contributed by atoms with Gasteiger partial charge in [0.2, 0.25) is 0 Å². The van der Waals surface area contributed by atoms with E-state index in [1.807, 2.05) is 7.05 Å². The normalized spacial score (nSPS) is 40.3. The van der Waals surface area contributed by atoms with Gasteiger partial charge in [-0.25, -0.2) is 5.32 Å². The van der Waals surface area contributed by atoms with Gasteiger partial charge in [-0.3, -0.25) is 0 Å². The molecule has 2 heteroatoms. The van der Waals surface area contributed by atoms with Crippen molar-refractivity contribution in [2.24, 2.45) is 5.73 Å². The quantitative estimate of drug-likeness (QED) is 0.482. The molecule has 2 unspecified atom stereocenters. The zero-order valence-corrected chi connectivity index (χ0v) is 4.59. The van der Waals surface area contributed by atoms with E-state index in [0.29, 0.717) is 12.1 Å². The first-order valence-electron chi connectivity index (χ1n) is 2.69. The van der Waals surface area contributed by atoms with Gasteiger partial charge in [0.1, 0.15) is 0 Å². The van der Waals surface area contributed by atoms with E-state index in [2.05, 4.69) is 5.32 Å². The number of rotatable bonds is 1. The molecule has 0 saturated heterocycles. The van der Waals surface area contributed by atoms with Gasteiger partial charge < -0.3 is 5.73 Å². The number of likely N-dealkylation sites (N-methyl/N-ethyl adjacent to an activating group) is 1. The summed E-state index contributed by atoms with van der Waals surface area (Å²) in [5, 5.41) is 4.05. The number of hydrogen-bond acceptors (Lipinski definition) is 1.